The zero-order chi connectivity index (χ0) is 15.1. The van der Waals surface area contributed by atoms with Gasteiger partial charge in [-0.3, -0.25) is 4.79 Å². The fourth-order valence-electron chi connectivity index (χ4n) is 2.35. The third-order valence-corrected chi connectivity index (χ3v) is 3.79. The van der Waals surface area contributed by atoms with E-state index in [1.54, 1.807) is 0 Å². The summed E-state index contributed by atoms with van der Waals surface area (Å²) < 4.78 is 51.1. The van der Waals surface area contributed by atoms with Gasteiger partial charge in [0.1, 0.15) is 5.82 Å². The molecule has 2 nitrogen and oxygen atoms in total. The number of likely N-dealkylation sites (tertiary alicyclic amines) is 1. The summed E-state index contributed by atoms with van der Waals surface area (Å²) in [6, 6.07) is 2.38. The summed E-state index contributed by atoms with van der Waals surface area (Å²) in [5.74, 6) is -1.23. The van der Waals surface area contributed by atoms with E-state index in [4.69, 9.17) is 0 Å². The quantitative estimate of drug-likeness (QED) is 0.724. The molecule has 0 saturated carbocycles. The van der Waals surface area contributed by atoms with Gasteiger partial charge in [0, 0.05) is 18.7 Å². The molecule has 110 valence electrons. The highest BCUT2D eigenvalue weighted by Gasteiger charge is 2.36. The van der Waals surface area contributed by atoms with E-state index in [1.807, 2.05) is 13.8 Å². The van der Waals surface area contributed by atoms with Crippen LogP contribution in [0, 0.1) is 17.7 Å². The maximum absolute atomic E-state index is 13.2. The molecule has 1 fully saturated rings. The summed E-state index contributed by atoms with van der Waals surface area (Å²) in [5.41, 5.74) is -1.52. The lowest BCUT2D eigenvalue weighted by molar-refractivity contribution is -0.140. The predicted molar refractivity (Wildman–Crippen MR) is 65.6 cm³/mol. The van der Waals surface area contributed by atoms with Crippen molar-refractivity contribution in [3.8, 4) is 0 Å². The van der Waals surface area contributed by atoms with E-state index in [0.717, 1.165) is 6.07 Å². The van der Waals surface area contributed by atoms with Gasteiger partial charge in [0.05, 0.1) is 5.56 Å². The molecule has 2 unspecified atom stereocenters. The Balaban J connectivity index is 2.28. The van der Waals surface area contributed by atoms with E-state index in [-0.39, 0.29) is 5.56 Å². The second-order valence-corrected chi connectivity index (χ2v) is 5.36. The highest BCUT2D eigenvalue weighted by Crippen LogP contribution is 2.32. The molecule has 2 rings (SSSR count). The Morgan fingerprint density at radius 2 is 1.75 bits per heavy atom. The molecule has 0 spiro atoms. The molecule has 6 heteroatoms. The minimum atomic E-state index is -4.80. The third-order valence-electron chi connectivity index (χ3n) is 3.79. The number of amides is 1. The smallest absolute Gasteiger partial charge is 0.338 e. The molecule has 1 saturated heterocycles. The first-order chi connectivity index (χ1) is 9.20. The Bertz CT molecular complexity index is 516. The van der Waals surface area contributed by atoms with Crippen LogP contribution in [-0.4, -0.2) is 23.9 Å². The molecular weight excluding hydrogens is 274 g/mol. The van der Waals surface area contributed by atoms with Crippen molar-refractivity contribution < 1.29 is 22.4 Å². The number of carbonyl (C=O) groups excluding carboxylic acids is 1. The molecule has 1 aromatic rings. The van der Waals surface area contributed by atoms with Crippen LogP contribution in [0.25, 0.3) is 0 Å². The predicted octanol–water partition coefficient (Wildman–Crippen LogP) is 3.57. The average molecular weight is 289 g/mol. The molecule has 20 heavy (non-hydrogen) atoms. The van der Waals surface area contributed by atoms with Crippen molar-refractivity contribution in [2.45, 2.75) is 20.0 Å². The molecule has 0 bridgehead atoms. The summed E-state index contributed by atoms with van der Waals surface area (Å²) in [6.07, 6.45) is -4.80. The van der Waals surface area contributed by atoms with Gasteiger partial charge in [-0.2, -0.15) is 13.2 Å². The highest BCUT2D eigenvalue weighted by atomic mass is 19.4. The van der Waals surface area contributed by atoms with Crippen molar-refractivity contribution in [2.75, 3.05) is 13.1 Å². The molecule has 1 aliphatic rings. The zero-order valence-electron chi connectivity index (χ0n) is 11.2. The number of rotatable bonds is 1. The van der Waals surface area contributed by atoms with Gasteiger partial charge in [-0.25, -0.2) is 4.39 Å². The van der Waals surface area contributed by atoms with E-state index in [0.29, 0.717) is 37.1 Å². The van der Waals surface area contributed by atoms with Crippen LogP contribution in [0.4, 0.5) is 17.6 Å². The topological polar surface area (TPSA) is 20.3 Å². The van der Waals surface area contributed by atoms with Gasteiger partial charge in [0.2, 0.25) is 0 Å². The first-order valence-electron chi connectivity index (χ1n) is 6.36. The second-order valence-electron chi connectivity index (χ2n) is 5.36. The van der Waals surface area contributed by atoms with Gasteiger partial charge in [0.25, 0.3) is 5.91 Å². The van der Waals surface area contributed by atoms with Crippen molar-refractivity contribution >= 4 is 5.91 Å². The Morgan fingerprint density at radius 3 is 2.25 bits per heavy atom. The van der Waals surface area contributed by atoms with Crippen LogP contribution in [0.3, 0.4) is 0 Å². The lowest BCUT2D eigenvalue weighted by Gasteiger charge is -2.17. The molecule has 1 amide bonds. The van der Waals surface area contributed by atoms with E-state index in [1.165, 1.54) is 4.90 Å². The molecule has 0 aromatic heterocycles. The number of nitrogens with zero attached hydrogens (tertiary/aromatic N) is 1. The fraction of sp³-hybridized carbons (Fsp3) is 0.500. The van der Waals surface area contributed by atoms with Crippen molar-refractivity contribution in [1.82, 2.24) is 4.90 Å². The Labute approximate surface area is 114 Å². The van der Waals surface area contributed by atoms with E-state index >= 15 is 0 Å². The summed E-state index contributed by atoms with van der Waals surface area (Å²) in [7, 11) is 0. The minimum Gasteiger partial charge on any atom is -0.338 e. The van der Waals surface area contributed by atoms with Crippen molar-refractivity contribution in [1.29, 1.82) is 0 Å². The Hall–Kier alpha value is -1.59. The maximum atomic E-state index is 13.2. The Morgan fingerprint density at radius 1 is 1.20 bits per heavy atom. The standard InChI is InChI=1S/C14H15F4NO/c1-8-6-19(7-9(8)2)13(20)10-3-4-12(15)11(5-10)14(16,17)18/h3-5,8-9H,6-7H2,1-2H3. The summed E-state index contributed by atoms with van der Waals surface area (Å²) in [4.78, 5) is 13.7. The molecular formula is C14H15F4NO. The van der Waals surface area contributed by atoms with Crippen LogP contribution < -0.4 is 0 Å². The first kappa shape index (κ1) is 14.8. The lowest BCUT2D eigenvalue weighted by atomic mass is 10.0. The van der Waals surface area contributed by atoms with Gasteiger partial charge in [-0.05, 0) is 30.0 Å². The van der Waals surface area contributed by atoms with Crippen LogP contribution >= 0.6 is 0 Å². The summed E-state index contributed by atoms with van der Waals surface area (Å²) in [6.45, 7) is 5.00. The van der Waals surface area contributed by atoms with Crippen molar-refractivity contribution in [3.63, 3.8) is 0 Å². The monoisotopic (exact) mass is 289 g/mol. The summed E-state index contributed by atoms with van der Waals surface area (Å²) in [5, 5.41) is 0. The summed E-state index contributed by atoms with van der Waals surface area (Å²) >= 11 is 0. The van der Waals surface area contributed by atoms with E-state index in [9.17, 15) is 22.4 Å². The van der Waals surface area contributed by atoms with Crippen LogP contribution in [0.1, 0.15) is 29.8 Å². The van der Waals surface area contributed by atoms with Crippen LogP contribution in [0.15, 0.2) is 18.2 Å². The van der Waals surface area contributed by atoms with Gasteiger partial charge in [-0.15, -0.1) is 0 Å². The van der Waals surface area contributed by atoms with E-state index in [2.05, 4.69) is 0 Å². The minimum absolute atomic E-state index is 0.125. The van der Waals surface area contributed by atoms with Crippen LogP contribution in [-0.2, 0) is 6.18 Å². The number of alkyl halides is 3. The fourth-order valence-corrected chi connectivity index (χ4v) is 2.35. The van der Waals surface area contributed by atoms with Gasteiger partial charge < -0.3 is 4.90 Å². The normalized spacial score (nSPS) is 23.2. The number of halogens is 4. The third kappa shape index (κ3) is 2.78. The SMILES string of the molecule is CC1CN(C(=O)c2ccc(F)c(C(F)(F)F)c2)CC1C. The largest absolute Gasteiger partial charge is 0.419 e. The van der Waals surface area contributed by atoms with Crippen molar-refractivity contribution in [3.05, 3.63) is 35.1 Å². The average Bonchev–Trinajstić information content (AvgIpc) is 2.68. The first-order valence-corrected chi connectivity index (χ1v) is 6.36. The number of hydrogen-bond donors (Lipinski definition) is 0. The number of hydrogen-bond acceptors (Lipinski definition) is 1. The number of carbonyl (C=O) groups is 1. The molecule has 1 aliphatic heterocycles. The van der Waals surface area contributed by atoms with Crippen LogP contribution in [0.5, 0.6) is 0 Å². The lowest BCUT2D eigenvalue weighted by Crippen LogP contribution is -2.29. The number of benzene rings is 1. The van der Waals surface area contributed by atoms with E-state index < -0.39 is 23.5 Å². The maximum Gasteiger partial charge on any atom is 0.419 e. The van der Waals surface area contributed by atoms with Crippen LogP contribution in [0.2, 0.25) is 0 Å². The molecule has 1 aromatic carbocycles. The molecule has 0 aliphatic carbocycles. The molecule has 0 N–H and O–H groups in total. The molecule has 1 heterocycles. The molecule has 0 radical (unpaired) electrons. The van der Waals surface area contributed by atoms with Crippen molar-refractivity contribution in [2.24, 2.45) is 11.8 Å². The van der Waals surface area contributed by atoms with Gasteiger partial charge >= 0.3 is 6.18 Å². The highest BCUT2D eigenvalue weighted by molar-refractivity contribution is 5.94. The van der Waals surface area contributed by atoms with Gasteiger partial charge in [0.15, 0.2) is 0 Å². The zero-order valence-corrected chi connectivity index (χ0v) is 11.2. The Kier molecular flexibility index (Phi) is 3.75. The van der Waals surface area contributed by atoms with Gasteiger partial charge in [-0.1, -0.05) is 13.8 Å². The molecule has 2 atom stereocenters. The second kappa shape index (κ2) is 5.07.